The fourth-order valence-corrected chi connectivity index (χ4v) is 26.3. The van der Waals surface area contributed by atoms with E-state index in [0.717, 1.165) is 12.8 Å². The van der Waals surface area contributed by atoms with Gasteiger partial charge in [0, 0.05) is 87.2 Å². The minimum absolute atomic E-state index is 0.00159. The molecule has 5 aromatic heterocycles. The van der Waals surface area contributed by atoms with Gasteiger partial charge in [0.25, 0.3) is 0 Å². The van der Waals surface area contributed by atoms with Gasteiger partial charge in [-0.05, 0) is 360 Å². The number of aryl methyl sites for hydroxylation is 11. The maximum atomic E-state index is 2.45. The Labute approximate surface area is 880 Å². The van der Waals surface area contributed by atoms with Gasteiger partial charge in [0.15, 0.2) is 31.0 Å². The molecule has 0 bridgehead atoms. The average molecular weight is 1930 g/mol. The Kier molecular flexibility index (Phi) is 24.6. The number of rotatable bonds is 5. The molecule has 0 spiro atoms. The van der Waals surface area contributed by atoms with Crippen molar-refractivity contribution in [3.63, 3.8) is 0 Å². The van der Waals surface area contributed by atoms with Gasteiger partial charge >= 0.3 is 0 Å². The summed E-state index contributed by atoms with van der Waals surface area (Å²) in [5, 5.41) is 13.4. The molecule has 5 aliphatic carbocycles. The molecule has 0 radical (unpaired) electrons. The normalized spacial score (nSPS) is 15.5. The first-order chi connectivity index (χ1) is 70.5. The zero-order valence-electron chi connectivity index (χ0n) is 92.6. The Balaban J connectivity index is 0.000000108. The van der Waals surface area contributed by atoms with Crippen LogP contribution in [0.4, 0.5) is 0 Å². The first-order valence-electron chi connectivity index (χ1n) is 53.6. The number of hydrogen-bond donors (Lipinski definition) is 0. The van der Waals surface area contributed by atoms with Crippen LogP contribution in [-0.4, -0.2) is 0 Å². The molecule has 5 heterocycles. The smallest absolute Gasteiger partial charge is 0.201 e. The molecule has 0 saturated heterocycles. The molecule has 738 valence electrons. The second kappa shape index (κ2) is 36.7. The summed E-state index contributed by atoms with van der Waals surface area (Å²) in [5.74, 6) is 0. The third-order valence-electron chi connectivity index (χ3n) is 37.5. The van der Waals surface area contributed by atoms with E-state index in [1.807, 2.05) is 0 Å². The van der Waals surface area contributed by atoms with Crippen molar-refractivity contribution < 1.29 is 22.8 Å². The van der Waals surface area contributed by atoms with Crippen LogP contribution in [0.2, 0.25) is 0 Å². The Morgan fingerprint density at radius 3 is 0.993 bits per heavy atom. The van der Waals surface area contributed by atoms with E-state index in [1.54, 1.807) is 0 Å². The number of pyridine rings is 5. The van der Waals surface area contributed by atoms with E-state index in [9.17, 15) is 0 Å². The van der Waals surface area contributed by atoms with Crippen molar-refractivity contribution in [3.8, 4) is 112 Å². The molecule has 0 aliphatic heterocycles. The zero-order chi connectivity index (χ0) is 104. The molecule has 0 unspecified atom stereocenters. The minimum atomic E-state index is -0.00470. The molecule has 0 N–H and O–H groups in total. The van der Waals surface area contributed by atoms with Crippen molar-refractivity contribution in [2.24, 2.45) is 35.2 Å². The second-order valence-corrected chi connectivity index (χ2v) is 47.7. The molecule has 5 aliphatic rings. The predicted molar refractivity (Wildman–Crippen MR) is 625 cm³/mol. The highest BCUT2D eigenvalue weighted by molar-refractivity contribution is 6.03. The van der Waals surface area contributed by atoms with Crippen LogP contribution in [-0.2, 0) is 91.4 Å². The molecule has 15 aromatic carbocycles. The largest absolute Gasteiger partial charge is 0.213 e. The van der Waals surface area contributed by atoms with Crippen LogP contribution in [0.15, 0.2) is 353 Å². The molecule has 20 aromatic rings. The van der Waals surface area contributed by atoms with Crippen molar-refractivity contribution >= 4 is 53.9 Å². The second-order valence-electron chi connectivity index (χ2n) is 47.7. The molecule has 5 nitrogen and oxygen atoms in total. The fraction of sp³-hybridized carbons (Fsp3) is 0.266. The maximum absolute atomic E-state index is 2.45. The van der Waals surface area contributed by atoms with Gasteiger partial charge in [-0.15, -0.1) is 0 Å². The molecule has 25 rings (SSSR count). The number of nitrogens with zero attached hydrogens (tertiary/aromatic N) is 5. The van der Waals surface area contributed by atoms with Crippen molar-refractivity contribution in [2.75, 3.05) is 0 Å². The number of hydrogen-bond acceptors (Lipinski definition) is 0. The van der Waals surface area contributed by atoms with E-state index in [2.05, 4.69) is 570 Å². The zero-order valence-corrected chi connectivity index (χ0v) is 92.6. The van der Waals surface area contributed by atoms with E-state index in [-0.39, 0.29) is 43.3 Å². The number of benzene rings is 15. The quantitative estimate of drug-likeness (QED) is 0.153. The topological polar surface area (TPSA) is 19.4 Å². The van der Waals surface area contributed by atoms with Gasteiger partial charge in [-0.25, -0.2) is 22.8 Å². The first-order valence-corrected chi connectivity index (χ1v) is 53.6. The first kappa shape index (κ1) is 99.3. The van der Waals surface area contributed by atoms with Crippen LogP contribution in [0, 0.1) is 48.5 Å². The molecule has 0 amide bonds. The standard InChI is InChI=1S/C30H32N.3C29H30N.C26H24N/c1-19-12-13-28(31(7)18-19)23-17-25-24-15-21-10-8-9-11-22(21)16-27(24)30(5,6)29(3,4)26(25)14-20(23)2;1-19-14-17-23-26(25(19)24-13-9-10-18-30(24)6)22-16-15-20-11-7-8-12-21(20)27(22)29(4,5)28(23,2)3;1-19-21(25-13-9-10-18-30(25)6)16-17-24-26(19)23-15-14-20-11-7-8-12-22(20)27(23)29(4,5)28(24,2)3;1-19-22(26-13-9-10-16-30(26)6)14-15-24-27(19)23-17-20-11-7-8-12-21(20)18-25(23)29(4,5)28(24,2)3;1-17-8-15-25(27(3)16-17)26-18(2)9-11-23-22-12-10-19-6-4-5-7-20(19)21(22)13-14-24(23)26/h8-18H,1-7H3;3*7-18H,1-6H3;4-12,15-16H,13-14H2,1-3H3/q5*+1. The number of fused-ring (bicyclic) bond motifs is 23. The third-order valence-corrected chi connectivity index (χ3v) is 37.5. The van der Waals surface area contributed by atoms with E-state index in [4.69, 9.17) is 0 Å². The van der Waals surface area contributed by atoms with Crippen LogP contribution >= 0.6 is 0 Å². The summed E-state index contributed by atoms with van der Waals surface area (Å²) in [7, 11) is 10.7. The molecule has 0 fully saturated rings. The SMILES string of the molecule is Cc1c(-c2cccc[n+]2C)ccc2c1-c1cc3ccccc3cc1C(C)(C)C2(C)C.Cc1c(-c2cccc[n+]2C)ccc2c1-c1ccc3ccccc3c1C(C)(C)C2(C)C.Cc1ccc(-c2c(C)ccc3c2CCc2c-3ccc3ccccc23)[n+](C)c1.Cc1ccc(-c2cc3c(cc2C)C(C)(C)C(C)(C)c2cc4ccccc4cc2-3)[n+](C)c1.Cc1ccc2c(c1-c1cccc[n+]1C)-c1ccc3ccccc3c1C(C)(C)C2(C)C. The van der Waals surface area contributed by atoms with E-state index in [0.29, 0.717) is 0 Å². The van der Waals surface area contributed by atoms with Crippen LogP contribution in [0.25, 0.3) is 166 Å². The molecule has 148 heavy (non-hydrogen) atoms. The van der Waals surface area contributed by atoms with Gasteiger partial charge in [-0.1, -0.05) is 311 Å². The lowest BCUT2D eigenvalue weighted by molar-refractivity contribution is -0.660. The van der Waals surface area contributed by atoms with Crippen LogP contribution in [0.3, 0.4) is 0 Å². The van der Waals surface area contributed by atoms with Crippen LogP contribution in [0.1, 0.15) is 205 Å². The summed E-state index contributed by atoms with van der Waals surface area (Å²) in [6, 6.07) is 120. The van der Waals surface area contributed by atoms with Crippen molar-refractivity contribution in [1.29, 1.82) is 0 Å². The van der Waals surface area contributed by atoms with E-state index < -0.39 is 0 Å². The highest BCUT2D eigenvalue weighted by atomic mass is 14.9. The number of aromatic nitrogens is 5. The third kappa shape index (κ3) is 15.8. The van der Waals surface area contributed by atoms with E-state index >= 15 is 0 Å². The predicted octanol–water partition coefficient (Wildman–Crippen LogP) is 33.5. The summed E-state index contributed by atoms with van der Waals surface area (Å²) < 4.78 is 11.2. The van der Waals surface area contributed by atoms with Gasteiger partial charge in [-0.2, -0.15) is 0 Å². The Bertz CT molecular complexity index is 8750. The molecule has 0 atom stereocenters. The fourth-order valence-electron chi connectivity index (χ4n) is 26.3. The Morgan fingerprint density at radius 2 is 0.507 bits per heavy atom. The lowest BCUT2D eigenvalue weighted by Crippen LogP contribution is -2.44. The molecular formula is C143H146N5+5. The lowest BCUT2D eigenvalue weighted by Gasteiger charge is -2.49. The van der Waals surface area contributed by atoms with Gasteiger partial charge in [-0.3, -0.25) is 0 Å². The monoisotopic (exact) mass is 1930 g/mol. The Hall–Kier alpha value is -14.7. The highest BCUT2D eigenvalue weighted by Gasteiger charge is 2.52. The van der Waals surface area contributed by atoms with Crippen molar-refractivity contribution in [2.45, 2.75) is 215 Å². The summed E-state index contributed by atoms with van der Waals surface area (Å²) in [6.07, 6.45) is 13.0. The van der Waals surface area contributed by atoms with Gasteiger partial charge in [0.1, 0.15) is 35.2 Å². The highest BCUT2D eigenvalue weighted by Crippen LogP contribution is 2.63. The summed E-state index contributed by atoms with van der Waals surface area (Å²) in [4.78, 5) is 0. The maximum Gasteiger partial charge on any atom is 0.213 e. The average Bonchev–Trinajstić information content (AvgIpc) is 0.701. The summed E-state index contributed by atoms with van der Waals surface area (Å²) in [6.45, 7) is 54.3. The van der Waals surface area contributed by atoms with Crippen molar-refractivity contribution in [1.82, 2.24) is 0 Å². The minimum Gasteiger partial charge on any atom is -0.201 e. The van der Waals surface area contributed by atoms with E-state index in [1.165, 1.54) is 260 Å². The van der Waals surface area contributed by atoms with Gasteiger partial charge in [0.05, 0.1) is 11.1 Å². The van der Waals surface area contributed by atoms with Crippen molar-refractivity contribution in [3.05, 3.63) is 447 Å². The molecule has 5 heteroatoms. The molecule has 0 saturated carbocycles. The Morgan fingerprint density at radius 1 is 0.189 bits per heavy atom. The summed E-state index contributed by atoms with van der Waals surface area (Å²) >= 11 is 0. The van der Waals surface area contributed by atoms with Gasteiger partial charge < -0.3 is 0 Å². The van der Waals surface area contributed by atoms with Crippen LogP contribution in [0.5, 0.6) is 0 Å². The lowest BCUT2D eigenvalue weighted by atomic mass is 9.54. The van der Waals surface area contributed by atoms with Crippen LogP contribution < -0.4 is 22.8 Å². The summed E-state index contributed by atoms with van der Waals surface area (Å²) in [5.41, 5.74) is 51.2. The molecular weight excluding hydrogens is 1790 g/mol. The van der Waals surface area contributed by atoms with Gasteiger partial charge in [0.2, 0.25) is 28.5 Å².